The number of carbonyl (C=O) groups excluding carboxylic acids is 1. The molecule has 1 fully saturated rings. The summed E-state index contributed by atoms with van der Waals surface area (Å²) in [6.07, 6.45) is 4.41. The summed E-state index contributed by atoms with van der Waals surface area (Å²) < 4.78 is 15.7. The third-order valence-electron chi connectivity index (χ3n) is 5.18. The summed E-state index contributed by atoms with van der Waals surface area (Å²) in [6, 6.07) is 6.89. The molecule has 1 amide bonds. The number of nitrogens with zero attached hydrogens (tertiary/aromatic N) is 5. The van der Waals surface area contributed by atoms with E-state index in [1.807, 2.05) is 18.7 Å². The average molecular weight is 367 g/mol. The Kier molecular flexibility index (Phi) is 4.59. The van der Waals surface area contributed by atoms with Crippen molar-refractivity contribution in [3.8, 4) is 0 Å². The van der Waals surface area contributed by atoms with Crippen LogP contribution in [0.5, 0.6) is 0 Å². The van der Waals surface area contributed by atoms with Gasteiger partial charge in [-0.25, -0.2) is 13.9 Å². The summed E-state index contributed by atoms with van der Waals surface area (Å²) in [6.45, 7) is 4.22. The Morgan fingerprint density at radius 2 is 2.07 bits per heavy atom. The molecule has 0 aliphatic heterocycles. The maximum atomic E-state index is 14.0. The smallest absolute Gasteiger partial charge is 0.252 e. The predicted octanol–water partition coefficient (Wildman–Crippen LogP) is 3.00. The van der Waals surface area contributed by atoms with E-state index in [1.165, 1.54) is 12.4 Å². The summed E-state index contributed by atoms with van der Waals surface area (Å²) in [5.41, 5.74) is 3.40. The molecule has 0 saturated heterocycles. The van der Waals surface area contributed by atoms with Crippen LogP contribution in [-0.2, 0) is 17.8 Å². The van der Waals surface area contributed by atoms with Crippen LogP contribution in [0.25, 0.3) is 5.78 Å². The average Bonchev–Trinajstić information content (AvgIpc) is 3.38. The molecule has 0 spiro atoms. The number of benzene rings is 1. The maximum Gasteiger partial charge on any atom is 0.252 e. The number of carbonyl (C=O) groups is 1. The zero-order valence-electron chi connectivity index (χ0n) is 15.5. The molecule has 0 radical (unpaired) electrons. The highest BCUT2D eigenvalue weighted by molar-refractivity contribution is 5.77. The van der Waals surface area contributed by atoms with E-state index in [-0.39, 0.29) is 17.8 Å². The number of aryl methyl sites for hydroxylation is 2. The van der Waals surface area contributed by atoms with E-state index in [2.05, 4.69) is 15.1 Å². The Labute approximate surface area is 157 Å². The van der Waals surface area contributed by atoms with Crippen LogP contribution in [0, 0.1) is 19.7 Å². The van der Waals surface area contributed by atoms with Gasteiger partial charge in [0.1, 0.15) is 12.1 Å². The molecule has 2 aromatic heterocycles. The SMILES string of the molecule is Cc1nc2ncnn2c(C)c1CCC(=O)N(Cc1ccccc1F)C1CC1. The van der Waals surface area contributed by atoms with Gasteiger partial charge in [-0.3, -0.25) is 4.79 Å². The number of aromatic nitrogens is 4. The van der Waals surface area contributed by atoms with Crippen molar-refractivity contribution in [2.24, 2.45) is 0 Å². The van der Waals surface area contributed by atoms with E-state index in [1.54, 1.807) is 22.7 Å². The van der Waals surface area contributed by atoms with Crippen LogP contribution in [0.2, 0.25) is 0 Å². The normalized spacial score (nSPS) is 13.9. The van der Waals surface area contributed by atoms with Gasteiger partial charge in [0.2, 0.25) is 5.91 Å². The Morgan fingerprint density at radius 1 is 1.30 bits per heavy atom. The topological polar surface area (TPSA) is 63.4 Å². The number of hydrogen-bond donors (Lipinski definition) is 0. The van der Waals surface area contributed by atoms with Crippen molar-refractivity contribution in [2.75, 3.05) is 0 Å². The first kappa shape index (κ1) is 17.6. The highest BCUT2D eigenvalue weighted by Gasteiger charge is 2.32. The van der Waals surface area contributed by atoms with Crippen LogP contribution >= 0.6 is 0 Å². The lowest BCUT2D eigenvalue weighted by Crippen LogP contribution is -2.33. The van der Waals surface area contributed by atoms with Crippen LogP contribution in [0.1, 0.15) is 41.8 Å². The summed E-state index contributed by atoms with van der Waals surface area (Å²) >= 11 is 0. The second-order valence-electron chi connectivity index (χ2n) is 7.08. The molecular formula is C20H22FN5O. The highest BCUT2D eigenvalue weighted by atomic mass is 19.1. The van der Waals surface area contributed by atoms with Crippen molar-refractivity contribution in [3.05, 3.63) is 58.9 Å². The zero-order chi connectivity index (χ0) is 19.0. The zero-order valence-corrected chi connectivity index (χ0v) is 15.5. The summed E-state index contributed by atoms with van der Waals surface area (Å²) in [4.78, 5) is 23.3. The van der Waals surface area contributed by atoms with Gasteiger partial charge in [-0.1, -0.05) is 18.2 Å². The third-order valence-corrected chi connectivity index (χ3v) is 5.18. The Morgan fingerprint density at radius 3 is 2.81 bits per heavy atom. The molecule has 7 heteroatoms. The number of halogens is 1. The molecule has 6 nitrogen and oxygen atoms in total. The summed E-state index contributed by atoms with van der Waals surface area (Å²) in [5.74, 6) is 0.362. The third kappa shape index (κ3) is 3.54. The standard InChI is InChI=1S/C20H22FN5O/c1-13-17(14(2)26-20(24-13)22-12-23-26)9-10-19(27)25(16-7-8-16)11-15-5-3-4-6-18(15)21/h3-6,12,16H,7-11H2,1-2H3. The van der Waals surface area contributed by atoms with E-state index in [0.29, 0.717) is 30.7 Å². The van der Waals surface area contributed by atoms with Gasteiger partial charge in [0.15, 0.2) is 0 Å². The summed E-state index contributed by atoms with van der Waals surface area (Å²) in [7, 11) is 0. The molecule has 1 aliphatic rings. The van der Waals surface area contributed by atoms with Gasteiger partial charge in [0.25, 0.3) is 5.78 Å². The molecule has 140 valence electrons. The minimum Gasteiger partial charge on any atom is -0.335 e. The van der Waals surface area contributed by atoms with Crippen LogP contribution in [-0.4, -0.2) is 36.4 Å². The lowest BCUT2D eigenvalue weighted by Gasteiger charge is -2.23. The van der Waals surface area contributed by atoms with Crippen molar-refractivity contribution >= 4 is 11.7 Å². The lowest BCUT2D eigenvalue weighted by molar-refractivity contribution is -0.132. The molecular weight excluding hydrogens is 345 g/mol. The van der Waals surface area contributed by atoms with Gasteiger partial charge >= 0.3 is 0 Å². The fraction of sp³-hybridized carbons (Fsp3) is 0.400. The van der Waals surface area contributed by atoms with E-state index >= 15 is 0 Å². The number of amides is 1. The van der Waals surface area contributed by atoms with Crippen molar-refractivity contribution in [2.45, 2.75) is 52.1 Å². The molecule has 3 aromatic rings. The first-order valence-electron chi connectivity index (χ1n) is 9.23. The van der Waals surface area contributed by atoms with Gasteiger partial charge in [-0.15, -0.1) is 0 Å². The molecule has 27 heavy (non-hydrogen) atoms. The molecule has 1 aromatic carbocycles. The molecule has 0 bridgehead atoms. The van der Waals surface area contributed by atoms with Gasteiger partial charge in [0.05, 0.1) is 0 Å². The lowest BCUT2D eigenvalue weighted by atomic mass is 10.1. The molecule has 4 rings (SSSR count). The molecule has 2 heterocycles. The highest BCUT2D eigenvalue weighted by Crippen LogP contribution is 2.30. The van der Waals surface area contributed by atoms with E-state index < -0.39 is 0 Å². The fourth-order valence-electron chi connectivity index (χ4n) is 3.51. The second-order valence-corrected chi connectivity index (χ2v) is 7.08. The quantitative estimate of drug-likeness (QED) is 0.672. The van der Waals surface area contributed by atoms with Crippen molar-refractivity contribution in [1.29, 1.82) is 0 Å². The number of rotatable bonds is 6. The van der Waals surface area contributed by atoms with E-state index in [0.717, 1.165) is 29.8 Å². The maximum absolute atomic E-state index is 14.0. The monoisotopic (exact) mass is 367 g/mol. The molecule has 0 atom stereocenters. The molecule has 0 unspecified atom stereocenters. The second kappa shape index (κ2) is 7.06. The Hall–Kier alpha value is -2.83. The van der Waals surface area contributed by atoms with Crippen molar-refractivity contribution in [3.63, 3.8) is 0 Å². The Bertz CT molecular complexity index is 995. The molecule has 1 aliphatic carbocycles. The predicted molar refractivity (Wildman–Crippen MR) is 98.5 cm³/mol. The van der Waals surface area contributed by atoms with Crippen LogP contribution in [0.15, 0.2) is 30.6 Å². The number of hydrogen-bond acceptors (Lipinski definition) is 4. The van der Waals surface area contributed by atoms with Gasteiger partial charge in [0, 0.05) is 36.0 Å². The fourth-order valence-corrected chi connectivity index (χ4v) is 3.51. The van der Waals surface area contributed by atoms with E-state index in [4.69, 9.17) is 0 Å². The van der Waals surface area contributed by atoms with Gasteiger partial charge < -0.3 is 4.90 Å². The molecule has 0 N–H and O–H groups in total. The van der Waals surface area contributed by atoms with Gasteiger partial charge in [-0.2, -0.15) is 10.1 Å². The van der Waals surface area contributed by atoms with Crippen LogP contribution in [0.3, 0.4) is 0 Å². The van der Waals surface area contributed by atoms with E-state index in [9.17, 15) is 9.18 Å². The van der Waals surface area contributed by atoms with Gasteiger partial charge in [-0.05, 0) is 44.7 Å². The van der Waals surface area contributed by atoms with Crippen LogP contribution < -0.4 is 0 Å². The minimum absolute atomic E-state index is 0.0539. The van der Waals surface area contributed by atoms with Crippen molar-refractivity contribution < 1.29 is 9.18 Å². The minimum atomic E-state index is -0.261. The Balaban J connectivity index is 1.50. The summed E-state index contributed by atoms with van der Waals surface area (Å²) in [5, 5.41) is 4.19. The molecule has 1 saturated carbocycles. The first-order chi connectivity index (χ1) is 13.0. The largest absolute Gasteiger partial charge is 0.335 e. The first-order valence-corrected chi connectivity index (χ1v) is 9.23. The van der Waals surface area contributed by atoms with Crippen molar-refractivity contribution in [1.82, 2.24) is 24.5 Å². The number of fused-ring (bicyclic) bond motifs is 1. The van der Waals surface area contributed by atoms with Crippen LogP contribution in [0.4, 0.5) is 4.39 Å².